The van der Waals surface area contributed by atoms with E-state index >= 15 is 0 Å². The van der Waals surface area contributed by atoms with Crippen LogP contribution in [0.1, 0.15) is 258 Å². The number of hydrogen-bond acceptors (Lipinski definition) is 9. The monoisotopic (exact) mass is 863 g/mol. The normalized spacial score (nSPS) is 13.6. The van der Waals surface area contributed by atoms with Crippen LogP contribution in [0.3, 0.4) is 0 Å². The smallest absolute Gasteiger partial charge is 0.462 e. The standard InChI is InChI=1S/C48H95O10P/c1-3-5-7-9-11-13-15-17-19-20-21-22-23-24-25-26-28-30-32-34-36-38-40-48(52)58-46(44-57-59(53,54)56-42-45(50)41-49)43-55-47(51)39-37-35-33-31-29-27-18-16-14-12-10-8-6-4-2/h45-46,49-50H,3-44H2,1-2H3,(H,53,54). The Morgan fingerprint density at radius 1 is 0.441 bits per heavy atom. The number of esters is 2. The first-order chi connectivity index (χ1) is 28.7. The molecule has 0 fully saturated rings. The van der Waals surface area contributed by atoms with Gasteiger partial charge in [0.15, 0.2) is 6.10 Å². The molecule has 10 nitrogen and oxygen atoms in total. The fourth-order valence-corrected chi connectivity index (χ4v) is 8.20. The van der Waals surface area contributed by atoms with Crippen LogP contribution in [0, 0.1) is 0 Å². The number of aliphatic hydroxyl groups excluding tert-OH is 2. The molecule has 0 aromatic heterocycles. The molecule has 0 spiro atoms. The second-order valence-electron chi connectivity index (χ2n) is 17.2. The molecule has 0 saturated heterocycles. The summed E-state index contributed by atoms with van der Waals surface area (Å²) in [6, 6.07) is 0. The van der Waals surface area contributed by atoms with Crippen LogP contribution in [-0.4, -0.2) is 65.7 Å². The summed E-state index contributed by atoms with van der Waals surface area (Å²) in [5.41, 5.74) is 0. The number of hydrogen-bond donors (Lipinski definition) is 3. The van der Waals surface area contributed by atoms with Crippen molar-refractivity contribution in [1.82, 2.24) is 0 Å². The molecule has 11 heteroatoms. The van der Waals surface area contributed by atoms with Crippen molar-refractivity contribution in [2.45, 2.75) is 270 Å². The molecular formula is C48H95O10P. The lowest BCUT2D eigenvalue weighted by molar-refractivity contribution is -0.161. The molecule has 0 heterocycles. The molecule has 3 unspecified atom stereocenters. The Balaban J connectivity index is 4.11. The maximum absolute atomic E-state index is 12.7. The molecule has 0 aromatic carbocycles. The van der Waals surface area contributed by atoms with Gasteiger partial charge in [0, 0.05) is 12.8 Å². The van der Waals surface area contributed by atoms with E-state index in [0.717, 1.165) is 32.1 Å². The Morgan fingerprint density at radius 3 is 1.05 bits per heavy atom. The Kier molecular flexibility index (Phi) is 44.2. The molecule has 3 N–H and O–H groups in total. The van der Waals surface area contributed by atoms with Crippen LogP contribution in [0.2, 0.25) is 0 Å². The van der Waals surface area contributed by atoms with Gasteiger partial charge in [-0.15, -0.1) is 0 Å². The summed E-state index contributed by atoms with van der Waals surface area (Å²) in [4.78, 5) is 35.1. The Morgan fingerprint density at radius 2 is 0.729 bits per heavy atom. The van der Waals surface area contributed by atoms with Gasteiger partial charge in [-0.25, -0.2) is 4.57 Å². The fraction of sp³-hybridized carbons (Fsp3) is 0.958. The van der Waals surface area contributed by atoms with Gasteiger partial charge in [0.05, 0.1) is 19.8 Å². The van der Waals surface area contributed by atoms with Crippen molar-refractivity contribution < 1.29 is 47.8 Å². The van der Waals surface area contributed by atoms with Gasteiger partial charge in [0.1, 0.15) is 12.7 Å². The maximum Gasteiger partial charge on any atom is 0.472 e. The van der Waals surface area contributed by atoms with Crippen molar-refractivity contribution in [1.29, 1.82) is 0 Å². The molecular weight excluding hydrogens is 767 g/mol. The van der Waals surface area contributed by atoms with E-state index in [4.69, 9.17) is 23.6 Å². The van der Waals surface area contributed by atoms with E-state index in [-0.39, 0.29) is 19.4 Å². The van der Waals surface area contributed by atoms with Gasteiger partial charge in [-0.3, -0.25) is 18.6 Å². The van der Waals surface area contributed by atoms with E-state index in [0.29, 0.717) is 12.8 Å². The average molecular weight is 863 g/mol. The molecule has 59 heavy (non-hydrogen) atoms. The molecule has 3 atom stereocenters. The van der Waals surface area contributed by atoms with Crippen molar-refractivity contribution in [3.63, 3.8) is 0 Å². The fourth-order valence-electron chi connectivity index (χ4n) is 7.41. The lowest BCUT2D eigenvalue weighted by atomic mass is 10.0. The number of unbranched alkanes of at least 4 members (excludes halogenated alkanes) is 34. The largest absolute Gasteiger partial charge is 0.472 e. The van der Waals surface area contributed by atoms with Crippen molar-refractivity contribution in [2.75, 3.05) is 26.4 Å². The van der Waals surface area contributed by atoms with Crippen LogP contribution in [-0.2, 0) is 32.7 Å². The van der Waals surface area contributed by atoms with Crippen LogP contribution >= 0.6 is 7.82 Å². The SMILES string of the molecule is CCCCCCCCCCCCCCCCCCCCCCCCC(=O)OC(COC(=O)CCCCCCCCCCCCCCCC)COP(=O)(O)OCC(O)CO. The highest BCUT2D eigenvalue weighted by atomic mass is 31.2. The second-order valence-corrected chi connectivity index (χ2v) is 18.7. The van der Waals surface area contributed by atoms with E-state index in [9.17, 15) is 24.2 Å². The van der Waals surface area contributed by atoms with E-state index in [1.807, 2.05) is 0 Å². The van der Waals surface area contributed by atoms with Crippen LogP contribution in [0.15, 0.2) is 0 Å². The molecule has 0 aliphatic carbocycles. The zero-order chi connectivity index (χ0) is 43.3. The number of phosphoric ester groups is 1. The highest BCUT2D eigenvalue weighted by Gasteiger charge is 2.27. The predicted molar refractivity (Wildman–Crippen MR) is 242 cm³/mol. The molecule has 352 valence electrons. The van der Waals surface area contributed by atoms with Crippen LogP contribution in [0.25, 0.3) is 0 Å². The summed E-state index contributed by atoms with van der Waals surface area (Å²) in [5.74, 6) is -0.904. The highest BCUT2D eigenvalue weighted by molar-refractivity contribution is 7.47. The highest BCUT2D eigenvalue weighted by Crippen LogP contribution is 2.43. The number of rotatable bonds is 48. The quantitative estimate of drug-likeness (QED) is 0.0306. The summed E-state index contributed by atoms with van der Waals surface area (Å²) < 4.78 is 32.8. The number of ether oxygens (including phenoxy) is 2. The first-order valence-corrected chi connectivity index (χ1v) is 26.5. The van der Waals surface area contributed by atoms with Crippen molar-refractivity contribution in [2.24, 2.45) is 0 Å². The third-order valence-electron chi connectivity index (χ3n) is 11.3. The Labute approximate surface area is 363 Å². The molecule has 0 bridgehead atoms. The molecule has 0 aromatic rings. The van der Waals surface area contributed by atoms with E-state index in [1.165, 1.54) is 186 Å². The summed E-state index contributed by atoms with van der Waals surface area (Å²) in [7, 11) is -4.61. The third kappa shape index (κ3) is 44.8. The summed E-state index contributed by atoms with van der Waals surface area (Å²) in [6.45, 7) is 2.44. The first kappa shape index (κ1) is 58.0. The van der Waals surface area contributed by atoms with Gasteiger partial charge < -0.3 is 24.6 Å². The minimum atomic E-state index is -4.61. The molecule has 0 amide bonds. The Hall–Kier alpha value is -1.03. The predicted octanol–water partition coefficient (Wildman–Crippen LogP) is 13.8. The molecule has 0 saturated carbocycles. The van der Waals surface area contributed by atoms with Gasteiger partial charge in [-0.2, -0.15) is 0 Å². The number of phosphoric acid groups is 1. The minimum absolute atomic E-state index is 0.193. The lowest BCUT2D eigenvalue weighted by Gasteiger charge is -2.20. The number of carbonyl (C=O) groups excluding carboxylic acids is 2. The van der Waals surface area contributed by atoms with Gasteiger partial charge in [0.25, 0.3) is 0 Å². The lowest BCUT2D eigenvalue weighted by Crippen LogP contribution is -2.29. The van der Waals surface area contributed by atoms with E-state index in [2.05, 4.69) is 13.8 Å². The van der Waals surface area contributed by atoms with Gasteiger partial charge in [-0.05, 0) is 12.8 Å². The van der Waals surface area contributed by atoms with Gasteiger partial charge in [0.2, 0.25) is 0 Å². The summed E-state index contributed by atoms with van der Waals surface area (Å²) in [6.07, 6.45) is 43.6. The number of carbonyl (C=O) groups is 2. The van der Waals surface area contributed by atoms with E-state index < -0.39 is 51.8 Å². The summed E-state index contributed by atoms with van der Waals surface area (Å²) >= 11 is 0. The van der Waals surface area contributed by atoms with Crippen molar-refractivity contribution in [3.8, 4) is 0 Å². The summed E-state index contributed by atoms with van der Waals surface area (Å²) in [5, 5.41) is 18.4. The van der Waals surface area contributed by atoms with E-state index in [1.54, 1.807) is 0 Å². The zero-order valence-corrected chi connectivity index (χ0v) is 39.4. The Bertz CT molecular complexity index is 951. The first-order valence-electron chi connectivity index (χ1n) is 25.0. The van der Waals surface area contributed by atoms with Crippen LogP contribution < -0.4 is 0 Å². The maximum atomic E-state index is 12.7. The molecule has 0 rings (SSSR count). The number of aliphatic hydroxyl groups is 2. The average Bonchev–Trinajstić information content (AvgIpc) is 3.22. The third-order valence-corrected chi connectivity index (χ3v) is 12.2. The molecule has 0 radical (unpaired) electrons. The minimum Gasteiger partial charge on any atom is -0.462 e. The topological polar surface area (TPSA) is 149 Å². The van der Waals surface area contributed by atoms with Crippen molar-refractivity contribution >= 4 is 19.8 Å². The second kappa shape index (κ2) is 45.0. The van der Waals surface area contributed by atoms with Gasteiger partial charge in [-0.1, -0.05) is 232 Å². The zero-order valence-electron chi connectivity index (χ0n) is 38.5. The molecule has 0 aliphatic heterocycles. The van der Waals surface area contributed by atoms with Crippen molar-refractivity contribution in [3.05, 3.63) is 0 Å². The van der Waals surface area contributed by atoms with Crippen LogP contribution in [0.4, 0.5) is 0 Å². The van der Waals surface area contributed by atoms with Crippen LogP contribution in [0.5, 0.6) is 0 Å². The van der Waals surface area contributed by atoms with Gasteiger partial charge >= 0.3 is 19.8 Å². The molecule has 0 aliphatic rings.